The van der Waals surface area contributed by atoms with Crippen molar-refractivity contribution < 1.29 is 9.18 Å². The van der Waals surface area contributed by atoms with Crippen molar-refractivity contribution in [2.45, 2.75) is 53.0 Å². The van der Waals surface area contributed by atoms with Gasteiger partial charge in [0.2, 0.25) is 0 Å². The summed E-state index contributed by atoms with van der Waals surface area (Å²) < 4.78 is 14.0. The zero-order chi connectivity index (χ0) is 18.1. The first kappa shape index (κ1) is 20.2. The minimum absolute atomic E-state index is 0.289. The van der Waals surface area contributed by atoms with Gasteiger partial charge in [-0.1, -0.05) is 26.8 Å². The predicted octanol–water partition coefficient (Wildman–Crippen LogP) is 4.70. The lowest BCUT2D eigenvalue weighted by atomic mass is 9.94. The molecule has 2 atom stereocenters. The number of aldehydes is 1. The highest BCUT2D eigenvalue weighted by Gasteiger charge is 2.22. The van der Waals surface area contributed by atoms with Gasteiger partial charge in [-0.05, 0) is 56.5 Å². The zero-order valence-corrected chi connectivity index (χ0v) is 15.4. The molecule has 0 spiro atoms. The van der Waals surface area contributed by atoms with E-state index >= 15 is 0 Å². The van der Waals surface area contributed by atoms with Gasteiger partial charge >= 0.3 is 0 Å². The van der Waals surface area contributed by atoms with E-state index in [2.05, 4.69) is 37.6 Å². The summed E-state index contributed by atoms with van der Waals surface area (Å²) in [5.74, 6) is 0.231. The van der Waals surface area contributed by atoms with E-state index in [9.17, 15) is 9.18 Å². The summed E-state index contributed by atoms with van der Waals surface area (Å²) in [6.07, 6.45) is 5.53. The first-order chi connectivity index (χ1) is 11.5. The van der Waals surface area contributed by atoms with Gasteiger partial charge in [-0.2, -0.15) is 0 Å². The summed E-state index contributed by atoms with van der Waals surface area (Å²) in [6, 6.07) is 3.15. The third-order valence-corrected chi connectivity index (χ3v) is 4.74. The van der Waals surface area contributed by atoms with Crippen LogP contribution in [0.3, 0.4) is 0 Å². The highest BCUT2D eigenvalue weighted by molar-refractivity contribution is 5.81. The molecule has 4 heteroatoms. The van der Waals surface area contributed by atoms with Gasteiger partial charge in [0, 0.05) is 30.4 Å². The van der Waals surface area contributed by atoms with E-state index in [1.165, 1.54) is 6.07 Å². The molecule has 0 amide bonds. The van der Waals surface area contributed by atoms with Crippen LogP contribution in [0.5, 0.6) is 0 Å². The van der Waals surface area contributed by atoms with Crippen molar-refractivity contribution in [3.8, 4) is 0 Å². The molecule has 0 heterocycles. The highest BCUT2D eigenvalue weighted by atomic mass is 19.1. The molecule has 1 rings (SSSR count). The average molecular weight is 334 g/mol. The molecular formula is C20H31FN2O. The third kappa shape index (κ3) is 5.36. The van der Waals surface area contributed by atoms with Crippen molar-refractivity contribution in [2.24, 2.45) is 5.92 Å². The second kappa shape index (κ2) is 10.1. The molecule has 0 saturated carbocycles. The van der Waals surface area contributed by atoms with Crippen molar-refractivity contribution >= 4 is 12.0 Å². The Kier molecular flexibility index (Phi) is 8.51. The number of halogens is 1. The van der Waals surface area contributed by atoms with E-state index < -0.39 is 0 Å². The maximum Gasteiger partial charge on any atom is 0.150 e. The number of carbonyl (C=O) groups excluding carboxylic acids is 1. The first-order valence-corrected chi connectivity index (χ1v) is 8.84. The first-order valence-electron chi connectivity index (χ1n) is 8.84. The Labute approximate surface area is 145 Å². The smallest absolute Gasteiger partial charge is 0.150 e. The Morgan fingerprint density at radius 3 is 2.62 bits per heavy atom. The van der Waals surface area contributed by atoms with Crippen LogP contribution in [0, 0.1) is 18.7 Å². The molecule has 2 unspecified atom stereocenters. The van der Waals surface area contributed by atoms with E-state index in [0.717, 1.165) is 49.9 Å². The lowest BCUT2D eigenvalue weighted by Crippen LogP contribution is -2.39. The highest BCUT2D eigenvalue weighted by Crippen LogP contribution is 2.29. The molecule has 0 aromatic heterocycles. The molecule has 0 saturated heterocycles. The summed E-state index contributed by atoms with van der Waals surface area (Å²) in [5.41, 5.74) is 2.10. The summed E-state index contributed by atoms with van der Waals surface area (Å²) in [6.45, 7) is 13.7. The molecule has 1 aromatic carbocycles. The van der Waals surface area contributed by atoms with Gasteiger partial charge in [0.05, 0.1) is 0 Å². The summed E-state index contributed by atoms with van der Waals surface area (Å²) in [5, 5.41) is 3.16. The normalized spacial score (nSPS) is 13.2. The van der Waals surface area contributed by atoms with E-state index in [0.29, 0.717) is 11.5 Å². The van der Waals surface area contributed by atoms with Gasteiger partial charge in [-0.3, -0.25) is 4.79 Å². The molecule has 134 valence electrons. The molecule has 3 nitrogen and oxygen atoms in total. The Balaban J connectivity index is 3.17. The van der Waals surface area contributed by atoms with E-state index in [-0.39, 0.29) is 11.9 Å². The van der Waals surface area contributed by atoms with E-state index in [1.54, 1.807) is 12.3 Å². The molecule has 24 heavy (non-hydrogen) atoms. The van der Waals surface area contributed by atoms with Crippen LogP contribution in [0.1, 0.15) is 56.0 Å². The second-order valence-electron chi connectivity index (χ2n) is 6.39. The molecule has 0 aliphatic heterocycles. The third-order valence-electron chi connectivity index (χ3n) is 4.74. The number of rotatable bonds is 11. The zero-order valence-electron chi connectivity index (χ0n) is 15.4. The summed E-state index contributed by atoms with van der Waals surface area (Å²) in [7, 11) is 0. The Bertz CT molecular complexity index is 545. The lowest BCUT2D eigenvalue weighted by Gasteiger charge is -2.36. The Hall–Kier alpha value is -1.84. The van der Waals surface area contributed by atoms with Crippen LogP contribution in [0.15, 0.2) is 24.9 Å². The van der Waals surface area contributed by atoms with Gasteiger partial charge in [-0.25, -0.2) is 4.39 Å². The number of nitrogens with one attached hydrogen (secondary N) is 1. The fraction of sp³-hybridized carbons (Fsp3) is 0.550. The van der Waals surface area contributed by atoms with Crippen LogP contribution in [0.4, 0.5) is 10.1 Å². The molecule has 1 N–H and O–H groups in total. The Morgan fingerprint density at radius 1 is 1.38 bits per heavy atom. The van der Waals surface area contributed by atoms with Gasteiger partial charge < -0.3 is 10.2 Å². The van der Waals surface area contributed by atoms with Crippen molar-refractivity contribution in [1.29, 1.82) is 0 Å². The maximum atomic E-state index is 14.0. The monoisotopic (exact) mass is 334 g/mol. The van der Waals surface area contributed by atoms with Gasteiger partial charge in [0.15, 0.2) is 0 Å². The fourth-order valence-electron chi connectivity index (χ4n) is 3.12. The molecule has 0 fully saturated rings. The number of carbonyl (C=O) groups is 1. The van der Waals surface area contributed by atoms with Crippen LogP contribution in [0.2, 0.25) is 0 Å². The number of benzene rings is 1. The quantitative estimate of drug-likeness (QED) is 0.470. The predicted molar refractivity (Wildman–Crippen MR) is 100 cm³/mol. The van der Waals surface area contributed by atoms with Crippen LogP contribution in [-0.2, 0) is 0 Å². The number of anilines is 1. The summed E-state index contributed by atoms with van der Waals surface area (Å²) in [4.78, 5) is 13.5. The van der Waals surface area contributed by atoms with Crippen molar-refractivity contribution in [2.75, 3.05) is 18.0 Å². The van der Waals surface area contributed by atoms with Crippen molar-refractivity contribution in [3.05, 3.63) is 41.9 Å². The maximum absolute atomic E-state index is 14.0. The standard InChI is InChI=1S/C20H31FN2O/c1-6-15(4)11-19(9-10-22-7-2)23(8-3)20-13-18(21)12-17(14-24)16(20)5/h7,12-15,19,22H,2,6,8-11H2,1,3-5H3. The van der Waals surface area contributed by atoms with Gasteiger partial charge in [-0.15, -0.1) is 0 Å². The fourth-order valence-corrected chi connectivity index (χ4v) is 3.12. The van der Waals surface area contributed by atoms with Crippen LogP contribution >= 0.6 is 0 Å². The van der Waals surface area contributed by atoms with E-state index in [1.807, 2.05) is 6.92 Å². The Morgan fingerprint density at radius 2 is 2.08 bits per heavy atom. The molecule has 0 radical (unpaired) electrons. The van der Waals surface area contributed by atoms with Crippen LogP contribution in [0.25, 0.3) is 0 Å². The van der Waals surface area contributed by atoms with Crippen molar-refractivity contribution in [1.82, 2.24) is 5.32 Å². The van der Waals surface area contributed by atoms with E-state index in [4.69, 9.17) is 0 Å². The molecule has 0 aliphatic rings. The molecule has 0 bridgehead atoms. The topological polar surface area (TPSA) is 32.3 Å². The average Bonchev–Trinajstić information content (AvgIpc) is 2.57. The second-order valence-corrected chi connectivity index (χ2v) is 6.39. The minimum atomic E-state index is -0.359. The number of hydrogen-bond acceptors (Lipinski definition) is 3. The van der Waals surface area contributed by atoms with Crippen LogP contribution < -0.4 is 10.2 Å². The largest absolute Gasteiger partial charge is 0.391 e. The van der Waals surface area contributed by atoms with Gasteiger partial charge in [0.25, 0.3) is 0 Å². The minimum Gasteiger partial charge on any atom is -0.391 e. The molecular weight excluding hydrogens is 303 g/mol. The SMILES string of the molecule is C=CNCCC(CC(C)CC)N(CC)c1cc(F)cc(C=O)c1C. The summed E-state index contributed by atoms with van der Waals surface area (Å²) >= 11 is 0. The van der Waals surface area contributed by atoms with Gasteiger partial charge in [0.1, 0.15) is 12.1 Å². The van der Waals surface area contributed by atoms with Crippen LogP contribution in [-0.4, -0.2) is 25.4 Å². The number of nitrogens with zero attached hydrogens (tertiary/aromatic N) is 1. The van der Waals surface area contributed by atoms with Crippen molar-refractivity contribution in [3.63, 3.8) is 0 Å². The lowest BCUT2D eigenvalue weighted by molar-refractivity contribution is 0.112. The molecule has 1 aromatic rings. The number of hydrogen-bond donors (Lipinski definition) is 1. The molecule has 0 aliphatic carbocycles.